The van der Waals surface area contributed by atoms with E-state index in [9.17, 15) is 8.42 Å². The smallest absolute Gasteiger partial charge is 0.151 e. The number of piperazine rings is 1. The molecule has 2 N–H and O–H groups in total. The highest BCUT2D eigenvalue weighted by molar-refractivity contribution is 7.91. The van der Waals surface area contributed by atoms with Gasteiger partial charge in [-0.25, -0.2) is 8.42 Å². The van der Waals surface area contributed by atoms with E-state index in [1.54, 1.807) is 6.92 Å². The van der Waals surface area contributed by atoms with Gasteiger partial charge in [-0.3, -0.25) is 4.90 Å². The highest BCUT2D eigenvalue weighted by Crippen LogP contribution is 2.04. The fraction of sp³-hybridized carbons (Fsp3) is 1.00. The molecule has 0 aromatic carbocycles. The van der Waals surface area contributed by atoms with Gasteiger partial charge in [0.25, 0.3) is 0 Å². The standard InChI is InChI=1S/C12H27N3O2S/c1-2-18(16,17)12-11-15-9-7-14(8-10-15)6-4-3-5-13/h2-13H2,1H3. The van der Waals surface area contributed by atoms with Gasteiger partial charge in [-0.2, -0.15) is 0 Å². The second-order valence-corrected chi connectivity index (χ2v) is 7.39. The summed E-state index contributed by atoms with van der Waals surface area (Å²) in [5.41, 5.74) is 5.48. The van der Waals surface area contributed by atoms with Crippen molar-refractivity contribution < 1.29 is 8.42 Å². The highest BCUT2D eigenvalue weighted by Gasteiger charge is 2.18. The molecular formula is C12H27N3O2S. The molecule has 6 heteroatoms. The van der Waals surface area contributed by atoms with Crippen molar-refractivity contribution in [3.63, 3.8) is 0 Å². The molecule has 1 saturated heterocycles. The minimum atomic E-state index is -2.82. The van der Waals surface area contributed by atoms with E-state index in [-0.39, 0.29) is 5.75 Å². The molecule has 108 valence electrons. The van der Waals surface area contributed by atoms with E-state index in [1.165, 1.54) is 6.42 Å². The van der Waals surface area contributed by atoms with Crippen molar-refractivity contribution in [1.29, 1.82) is 0 Å². The van der Waals surface area contributed by atoms with Crippen LogP contribution in [0.15, 0.2) is 0 Å². The van der Waals surface area contributed by atoms with Crippen LogP contribution >= 0.6 is 0 Å². The highest BCUT2D eigenvalue weighted by atomic mass is 32.2. The molecular weight excluding hydrogens is 250 g/mol. The van der Waals surface area contributed by atoms with Gasteiger partial charge in [-0.1, -0.05) is 6.92 Å². The molecule has 0 aliphatic carbocycles. The average molecular weight is 277 g/mol. The quantitative estimate of drug-likeness (QED) is 0.621. The van der Waals surface area contributed by atoms with Crippen molar-refractivity contribution in [2.75, 3.05) is 57.3 Å². The largest absolute Gasteiger partial charge is 0.330 e. The Balaban J connectivity index is 2.15. The van der Waals surface area contributed by atoms with Crippen molar-refractivity contribution in [3.05, 3.63) is 0 Å². The van der Waals surface area contributed by atoms with Gasteiger partial charge >= 0.3 is 0 Å². The normalized spacial score (nSPS) is 19.2. The lowest BCUT2D eigenvalue weighted by atomic mass is 10.2. The van der Waals surface area contributed by atoms with Crippen molar-refractivity contribution >= 4 is 9.84 Å². The lowest BCUT2D eigenvalue weighted by Crippen LogP contribution is -2.47. The van der Waals surface area contributed by atoms with Gasteiger partial charge in [-0.15, -0.1) is 0 Å². The first-order valence-electron chi connectivity index (χ1n) is 6.92. The molecule has 1 aliphatic heterocycles. The molecule has 1 heterocycles. The van der Waals surface area contributed by atoms with Gasteiger partial charge in [0.15, 0.2) is 9.84 Å². The Kier molecular flexibility index (Phi) is 7.14. The van der Waals surface area contributed by atoms with Gasteiger partial charge in [0.1, 0.15) is 0 Å². The van der Waals surface area contributed by atoms with E-state index in [4.69, 9.17) is 5.73 Å². The topological polar surface area (TPSA) is 66.6 Å². The first kappa shape index (κ1) is 15.9. The summed E-state index contributed by atoms with van der Waals surface area (Å²) in [7, 11) is -2.82. The number of sulfone groups is 1. The molecule has 0 amide bonds. The zero-order valence-electron chi connectivity index (χ0n) is 11.5. The minimum absolute atomic E-state index is 0.256. The van der Waals surface area contributed by atoms with Gasteiger partial charge < -0.3 is 10.6 Å². The Morgan fingerprint density at radius 2 is 1.56 bits per heavy atom. The Labute approximate surface area is 111 Å². The number of unbranched alkanes of at least 4 members (excludes halogenated alkanes) is 1. The van der Waals surface area contributed by atoms with Crippen LogP contribution in [0.3, 0.4) is 0 Å². The van der Waals surface area contributed by atoms with Crippen LogP contribution in [-0.4, -0.2) is 75.5 Å². The molecule has 18 heavy (non-hydrogen) atoms. The second-order valence-electron chi connectivity index (χ2n) is 4.92. The van der Waals surface area contributed by atoms with Crippen LogP contribution in [0.4, 0.5) is 0 Å². The first-order valence-corrected chi connectivity index (χ1v) is 8.74. The molecule has 5 nitrogen and oxygen atoms in total. The summed E-state index contributed by atoms with van der Waals surface area (Å²) in [5, 5.41) is 0. The maximum absolute atomic E-state index is 11.4. The lowest BCUT2D eigenvalue weighted by molar-refractivity contribution is 0.136. The van der Waals surface area contributed by atoms with Crippen LogP contribution in [0.25, 0.3) is 0 Å². The summed E-state index contributed by atoms with van der Waals surface area (Å²) in [5.74, 6) is 0.558. The van der Waals surface area contributed by atoms with E-state index >= 15 is 0 Å². The molecule has 0 radical (unpaired) electrons. The summed E-state index contributed by atoms with van der Waals surface area (Å²) < 4.78 is 22.9. The van der Waals surface area contributed by atoms with Crippen LogP contribution in [-0.2, 0) is 9.84 Å². The summed E-state index contributed by atoms with van der Waals surface area (Å²) in [4.78, 5) is 4.70. The molecule has 0 spiro atoms. The molecule has 0 aromatic heterocycles. The number of hydrogen-bond acceptors (Lipinski definition) is 5. The van der Waals surface area contributed by atoms with E-state index in [0.717, 1.165) is 45.7 Å². The summed E-state index contributed by atoms with van der Waals surface area (Å²) in [6.45, 7) is 8.38. The molecule has 0 saturated carbocycles. The van der Waals surface area contributed by atoms with Gasteiger partial charge in [0, 0.05) is 38.5 Å². The zero-order chi connectivity index (χ0) is 13.4. The Bertz CT molecular complexity index is 311. The summed E-state index contributed by atoms with van der Waals surface area (Å²) >= 11 is 0. The van der Waals surface area contributed by atoms with Gasteiger partial charge in [0.2, 0.25) is 0 Å². The number of nitrogens with zero attached hydrogens (tertiary/aromatic N) is 2. The number of hydrogen-bond donors (Lipinski definition) is 1. The van der Waals surface area contributed by atoms with E-state index < -0.39 is 9.84 Å². The van der Waals surface area contributed by atoms with Crippen molar-refractivity contribution in [3.8, 4) is 0 Å². The first-order chi connectivity index (χ1) is 8.57. The van der Waals surface area contributed by atoms with Gasteiger partial charge in [0.05, 0.1) is 5.75 Å². The molecule has 0 bridgehead atoms. The fourth-order valence-electron chi connectivity index (χ4n) is 2.13. The third-order valence-corrected chi connectivity index (χ3v) is 5.24. The molecule has 1 fully saturated rings. The maximum Gasteiger partial charge on any atom is 0.151 e. The van der Waals surface area contributed by atoms with Crippen molar-refractivity contribution in [1.82, 2.24) is 9.80 Å². The zero-order valence-corrected chi connectivity index (χ0v) is 12.3. The SMILES string of the molecule is CCS(=O)(=O)CCN1CCN(CCCCN)CC1. The third kappa shape index (κ3) is 6.13. The van der Waals surface area contributed by atoms with Crippen LogP contribution < -0.4 is 5.73 Å². The van der Waals surface area contributed by atoms with Crippen LogP contribution in [0.1, 0.15) is 19.8 Å². The predicted octanol–water partition coefficient (Wildman–Crippen LogP) is -0.222. The Morgan fingerprint density at radius 3 is 2.06 bits per heavy atom. The molecule has 0 atom stereocenters. The number of nitrogens with two attached hydrogens (primary N) is 1. The second kappa shape index (κ2) is 8.09. The Morgan fingerprint density at radius 1 is 1.00 bits per heavy atom. The average Bonchev–Trinajstić information content (AvgIpc) is 2.38. The molecule has 0 unspecified atom stereocenters. The molecule has 1 rings (SSSR count). The molecule has 1 aliphatic rings. The van der Waals surface area contributed by atoms with Gasteiger partial charge in [-0.05, 0) is 25.9 Å². The summed E-state index contributed by atoms with van der Waals surface area (Å²) in [6.07, 6.45) is 2.26. The van der Waals surface area contributed by atoms with Crippen molar-refractivity contribution in [2.24, 2.45) is 5.73 Å². The number of rotatable bonds is 8. The molecule has 0 aromatic rings. The van der Waals surface area contributed by atoms with E-state index in [1.807, 2.05) is 0 Å². The minimum Gasteiger partial charge on any atom is -0.330 e. The predicted molar refractivity (Wildman–Crippen MR) is 75.5 cm³/mol. The lowest BCUT2D eigenvalue weighted by Gasteiger charge is -2.34. The monoisotopic (exact) mass is 277 g/mol. The maximum atomic E-state index is 11.4. The van der Waals surface area contributed by atoms with Crippen LogP contribution in [0, 0.1) is 0 Å². The fourth-order valence-corrected chi connectivity index (χ4v) is 2.95. The van der Waals surface area contributed by atoms with Crippen molar-refractivity contribution in [2.45, 2.75) is 19.8 Å². The van der Waals surface area contributed by atoms with Crippen LogP contribution in [0.2, 0.25) is 0 Å². The summed E-state index contributed by atoms with van der Waals surface area (Å²) in [6, 6.07) is 0. The third-order valence-electron chi connectivity index (χ3n) is 3.55. The van der Waals surface area contributed by atoms with E-state index in [0.29, 0.717) is 12.3 Å². The van der Waals surface area contributed by atoms with Crippen LogP contribution in [0.5, 0.6) is 0 Å². The Hall–Kier alpha value is -0.170. The van der Waals surface area contributed by atoms with E-state index in [2.05, 4.69) is 9.80 Å².